The first-order valence-electron chi connectivity index (χ1n) is 9.85. The summed E-state index contributed by atoms with van der Waals surface area (Å²) >= 11 is 1.42. The van der Waals surface area contributed by atoms with Gasteiger partial charge in [0.1, 0.15) is 28.5 Å². The molecule has 0 saturated carbocycles. The lowest BCUT2D eigenvalue weighted by Gasteiger charge is -2.15. The second-order valence-electron chi connectivity index (χ2n) is 7.37. The summed E-state index contributed by atoms with van der Waals surface area (Å²) in [4.78, 5) is 16.4. The SMILES string of the molecule is CC(C)Oc1cc(NC(=O)NCC(F)(F)F)cc(-c2cnc3cc(-c4nncs4)ccn23)c1.Cl. The van der Waals surface area contributed by atoms with Crippen molar-refractivity contribution in [3.05, 3.63) is 48.2 Å². The molecule has 0 aliphatic rings. The van der Waals surface area contributed by atoms with E-state index in [4.69, 9.17) is 4.74 Å². The van der Waals surface area contributed by atoms with Gasteiger partial charge >= 0.3 is 12.2 Å². The van der Waals surface area contributed by atoms with Crippen molar-refractivity contribution in [2.45, 2.75) is 26.1 Å². The number of nitrogens with one attached hydrogen (secondary N) is 2. The van der Waals surface area contributed by atoms with Gasteiger partial charge in [0.25, 0.3) is 0 Å². The van der Waals surface area contributed by atoms with E-state index in [1.165, 1.54) is 11.3 Å². The Hall–Kier alpha value is -3.38. The number of nitrogens with zero attached hydrogens (tertiary/aromatic N) is 4. The zero-order chi connectivity index (χ0) is 23.6. The molecule has 0 aliphatic heterocycles. The number of amides is 2. The summed E-state index contributed by atoms with van der Waals surface area (Å²) in [6, 6.07) is 7.76. The zero-order valence-electron chi connectivity index (χ0n) is 18.0. The number of fused-ring (bicyclic) bond motifs is 1. The van der Waals surface area contributed by atoms with Gasteiger partial charge < -0.3 is 15.4 Å². The standard InChI is InChI=1S/C21H19F3N6O2S.ClH/c1-12(2)32-16-6-14(5-15(8-16)28-20(31)26-10-21(22,23)24)17-9-25-18-7-13(3-4-30(17)18)19-29-27-11-33-19;/h3-9,11-12H,10H2,1-2H3,(H2,26,28,31);1H. The largest absolute Gasteiger partial charge is 0.491 e. The highest BCUT2D eigenvalue weighted by Crippen LogP contribution is 2.31. The van der Waals surface area contributed by atoms with Crippen molar-refractivity contribution >= 4 is 41.1 Å². The third kappa shape index (κ3) is 6.14. The number of aromatic nitrogens is 4. The fourth-order valence-electron chi connectivity index (χ4n) is 3.14. The number of alkyl halides is 3. The molecule has 0 unspecified atom stereocenters. The van der Waals surface area contributed by atoms with Crippen LogP contribution in [0.2, 0.25) is 0 Å². The number of hydrogen-bond donors (Lipinski definition) is 2. The molecule has 0 fully saturated rings. The van der Waals surface area contributed by atoms with E-state index in [1.807, 2.05) is 36.6 Å². The minimum atomic E-state index is -4.50. The van der Waals surface area contributed by atoms with Crippen molar-refractivity contribution < 1.29 is 22.7 Å². The summed E-state index contributed by atoms with van der Waals surface area (Å²) in [5, 5.41) is 12.9. The number of benzene rings is 1. The fourth-order valence-corrected chi connectivity index (χ4v) is 3.69. The number of carbonyl (C=O) groups excluding carboxylic acids is 1. The lowest BCUT2D eigenvalue weighted by Crippen LogP contribution is -2.36. The van der Waals surface area contributed by atoms with Crippen LogP contribution in [0.15, 0.2) is 48.2 Å². The Morgan fingerprint density at radius 3 is 2.68 bits per heavy atom. The monoisotopic (exact) mass is 512 g/mol. The molecule has 8 nitrogen and oxygen atoms in total. The maximum Gasteiger partial charge on any atom is 0.405 e. The van der Waals surface area contributed by atoms with Crippen molar-refractivity contribution in [2.75, 3.05) is 11.9 Å². The maximum absolute atomic E-state index is 12.4. The topological polar surface area (TPSA) is 93.4 Å². The molecule has 0 spiro atoms. The first-order chi connectivity index (χ1) is 15.7. The predicted molar refractivity (Wildman–Crippen MR) is 126 cm³/mol. The highest BCUT2D eigenvalue weighted by molar-refractivity contribution is 7.12. The van der Waals surface area contributed by atoms with Gasteiger partial charge in [-0.1, -0.05) is 11.3 Å². The third-order valence-corrected chi connectivity index (χ3v) is 5.14. The molecule has 0 aliphatic carbocycles. The van der Waals surface area contributed by atoms with Crippen molar-refractivity contribution in [3.63, 3.8) is 0 Å². The summed E-state index contributed by atoms with van der Waals surface area (Å²) < 4.78 is 44.8. The Labute approximate surface area is 202 Å². The van der Waals surface area contributed by atoms with E-state index in [9.17, 15) is 18.0 Å². The highest BCUT2D eigenvalue weighted by Gasteiger charge is 2.27. The zero-order valence-corrected chi connectivity index (χ0v) is 19.6. The second kappa shape index (κ2) is 10.3. The number of hydrogen-bond acceptors (Lipinski definition) is 6. The average molecular weight is 513 g/mol. The van der Waals surface area contributed by atoms with Gasteiger partial charge in [-0.3, -0.25) is 4.40 Å². The molecule has 0 saturated heterocycles. The first kappa shape index (κ1) is 25.2. The van der Waals surface area contributed by atoms with E-state index < -0.39 is 18.8 Å². The lowest BCUT2D eigenvalue weighted by atomic mass is 10.1. The first-order valence-corrected chi connectivity index (χ1v) is 10.7. The van der Waals surface area contributed by atoms with E-state index in [2.05, 4.69) is 20.5 Å². The van der Waals surface area contributed by atoms with Gasteiger partial charge in [-0.05, 0) is 38.1 Å². The lowest BCUT2D eigenvalue weighted by molar-refractivity contribution is -0.122. The van der Waals surface area contributed by atoms with E-state index >= 15 is 0 Å². The molecular formula is C21H20ClF3N6O2S. The van der Waals surface area contributed by atoms with E-state index in [-0.39, 0.29) is 24.2 Å². The van der Waals surface area contributed by atoms with Crippen LogP contribution >= 0.6 is 23.7 Å². The number of ether oxygens (including phenoxy) is 1. The van der Waals surface area contributed by atoms with Crippen LogP contribution in [0.1, 0.15) is 13.8 Å². The van der Waals surface area contributed by atoms with Gasteiger partial charge in [0.2, 0.25) is 0 Å². The molecular weight excluding hydrogens is 493 g/mol. The fraction of sp³-hybridized carbons (Fsp3) is 0.238. The van der Waals surface area contributed by atoms with Crippen molar-refractivity contribution in [3.8, 4) is 27.6 Å². The quantitative estimate of drug-likeness (QED) is 0.360. The molecule has 0 atom stereocenters. The minimum absolute atomic E-state index is 0. The van der Waals surface area contributed by atoms with Gasteiger partial charge in [0, 0.05) is 29.1 Å². The molecule has 2 N–H and O–H groups in total. The van der Waals surface area contributed by atoms with E-state index in [0.717, 1.165) is 10.6 Å². The molecule has 0 bridgehead atoms. The number of imidazole rings is 1. The average Bonchev–Trinajstić information content (AvgIpc) is 3.40. The van der Waals surface area contributed by atoms with Crippen LogP contribution in [-0.2, 0) is 0 Å². The highest BCUT2D eigenvalue weighted by atomic mass is 35.5. The smallest absolute Gasteiger partial charge is 0.405 e. The van der Waals surface area contributed by atoms with Gasteiger partial charge in [-0.2, -0.15) is 13.2 Å². The summed E-state index contributed by atoms with van der Waals surface area (Å²) in [5.41, 5.74) is 4.85. The van der Waals surface area contributed by atoms with Crippen molar-refractivity contribution in [1.29, 1.82) is 0 Å². The molecule has 2 amide bonds. The normalized spacial score (nSPS) is 11.4. The van der Waals surface area contributed by atoms with Crippen LogP contribution in [0.3, 0.4) is 0 Å². The molecule has 4 rings (SSSR count). The minimum Gasteiger partial charge on any atom is -0.491 e. The van der Waals surface area contributed by atoms with Gasteiger partial charge in [-0.15, -0.1) is 22.6 Å². The Morgan fingerprint density at radius 1 is 1.21 bits per heavy atom. The Bertz CT molecular complexity index is 1280. The van der Waals surface area contributed by atoms with Crippen LogP contribution < -0.4 is 15.4 Å². The molecule has 3 heterocycles. The maximum atomic E-state index is 12.4. The number of urea groups is 1. The molecule has 1 aromatic carbocycles. The number of pyridine rings is 1. The van der Waals surface area contributed by atoms with Gasteiger partial charge in [0.05, 0.1) is 18.0 Å². The third-order valence-electron chi connectivity index (χ3n) is 4.40. The second-order valence-corrected chi connectivity index (χ2v) is 8.20. The van der Waals surface area contributed by atoms with Crippen LogP contribution in [0, 0.1) is 0 Å². The summed E-state index contributed by atoms with van der Waals surface area (Å²) in [5.74, 6) is 0.453. The number of anilines is 1. The number of carbonyl (C=O) groups is 1. The Kier molecular flexibility index (Phi) is 7.62. The molecule has 180 valence electrons. The molecule has 0 radical (unpaired) electrons. The summed E-state index contributed by atoms with van der Waals surface area (Å²) in [7, 11) is 0. The molecule has 34 heavy (non-hydrogen) atoms. The van der Waals surface area contributed by atoms with Crippen molar-refractivity contribution in [2.24, 2.45) is 0 Å². The van der Waals surface area contributed by atoms with Crippen molar-refractivity contribution in [1.82, 2.24) is 24.9 Å². The molecule has 3 aromatic heterocycles. The molecule has 13 heteroatoms. The Balaban J connectivity index is 0.00000324. The van der Waals surface area contributed by atoms with Crippen LogP contribution in [0.5, 0.6) is 5.75 Å². The van der Waals surface area contributed by atoms with Crippen LogP contribution in [0.4, 0.5) is 23.7 Å². The number of halogens is 4. The van der Waals surface area contributed by atoms with E-state index in [1.54, 1.807) is 35.2 Å². The predicted octanol–water partition coefficient (Wildman–Crippen LogP) is 5.41. The summed E-state index contributed by atoms with van der Waals surface area (Å²) in [6.07, 6.45) is -1.15. The van der Waals surface area contributed by atoms with E-state index in [0.29, 0.717) is 22.7 Å². The van der Waals surface area contributed by atoms with Gasteiger partial charge in [-0.25, -0.2) is 9.78 Å². The van der Waals surface area contributed by atoms with Crippen LogP contribution in [0.25, 0.3) is 27.5 Å². The molecule has 4 aromatic rings. The summed E-state index contributed by atoms with van der Waals surface area (Å²) in [6.45, 7) is 2.26. The number of rotatable bonds is 6. The van der Waals surface area contributed by atoms with Crippen LogP contribution in [-0.4, -0.2) is 44.4 Å². The Morgan fingerprint density at radius 2 is 2.00 bits per heavy atom. The van der Waals surface area contributed by atoms with Gasteiger partial charge in [0.15, 0.2) is 0 Å².